The number of nitrogens with one attached hydrogen (secondary N) is 2. The Morgan fingerprint density at radius 3 is 2.27 bits per heavy atom. The smallest absolute Gasteiger partial charge is 0.308 e. The van der Waals surface area contributed by atoms with Crippen molar-refractivity contribution in [1.29, 1.82) is 0 Å². The molecule has 33 heavy (non-hydrogen) atoms. The number of carbonyl (C=O) groups is 2. The van der Waals surface area contributed by atoms with Crippen molar-refractivity contribution in [3.63, 3.8) is 0 Å². The third-order valence-corrected chi connectivity index (χ3v) is 5.10. The van der Waals surface area contributed by atoms with E-state index < -0.39 is 34.5 Å². The van der Waals surface area contributed by atoms with Gasteiger partial charge in [0.25, 0.3) is 5.91 Å². The van der Waals surface area contributed by atoms with Crippen LogP contribution < -0.4 is 10.6 Å². The molecule has 0 aliphatic heterocycles. The van der Waals surface area contributed by atoms with Crippen LogP contribution >= 0.6 is 11.6 Å². The number of halogens is 5. The van der Waals surface area contributed by atoms with E-state index in [2.05, 4.69) is 10.6 Å². The van der Waals surface area contributed by atoms with Crippen molar-refractivity contribution in [2.45, 2.75) is 6.18 Å². The molecule has 2 amide bonds. The molecule has 0 fully saturated rings. The van der Waals surface area contributed by atoms with Crippen LogP contribution in [0.3, 0.4) is 0 Å². The van der Waals surface area contributed by atoms with E-state index in [1.165, 1.54) is 41.1 Å². The molecule has 5 nitrogen and oxygen atoms in total. The molecule has 0 aliphatic carbocycles. The molecule has 0 atom stereocenters. The normalized spacial score (nSPS) is 11.4. The number of aromatic nitrogens is 1. The molecular weight excluding hydrogens is 462 g/mol. The lowest BCUT2D eigenvalue weighted by Crippen LogP contribution is -2.20. The van der Waals surface area contributed by atoms with Crippen LogP contribution in [0.2, 0.25) is 5.02 Å². The minimum Gasteiger partial charge on any atom is -0.308 e. The Balaban J connectivity index is 1.51. The van der Waals surface area contributed by atoms with Gasteiger partial charge in [-0.3, -0.25) is 9.36 Å². The number of anilines is 2. The zero-order valence-electron chi connectivity index (χ0n) is 16.6. The minimum atomic E-state index is -4.66. The summed E-state index contributed by atoms with van der Waals surface area (Å²) >= 11 is 5.58. The van der Waals surface area contributed by atoms with E-state index in [4.69, 9.17) is 11.6 Å². The number of hydrogen-bond acceptors (Lipinski definition) is 2. The topological polar surface area (TPSA) is 63.1 Å². The maximum Gasteiger partial charge on any atom is 0.417 e. The summed E-state index contributed by atoms with van der Waals surface area (Å²) in [4.78, 5) is 25.0. The lowest BCUT2D eigenvalue weighted by atomic mass is 10.2. The van der Waals surface area contributed by atoms with Gasteiger partial charge < -0.3 is 10.6 Å². The zero-order chi connectivity index (χ0) is 23.8. The van der Waals surface area contributed by atoms with Crippen LogP contribution in [0.15, 0.2) is 72.9 Å². The number of alkyl halides is 3. The second-order valence-electron chi connectivity index (χ2n) is 7.05. The van der Waals surface area contributed by atoms with Crippen LogP contribution in [0.5, 0.6) is 0 Å². The first-order valence-corrected chi connectivity index (χ1v) is 9.86. The maximum absolute atomic E-state index is 13.4. The molecule has 1 heterocycles. The molecule has 4 aromatic rings. The predicted molar refractivity (Wildman–Crippen MR) is 117 cm³/mol. The van der Waals surface area contributed by atoms with Gasteiger partial charge in [-0.1, -0.05) is 17.7 Å². The molecule has 0 unspecified atom stereocenters. The second-order valence-corrected chi connectivity index (χ2v) is 7.45. The molecule has 168 valence electrons. The molecule has 1 aromatic heterocycles. The highest BCUT2D eigenvalue weighted by Crippen LogP contribution is 2.36. The Morgan fingerprint density at radius 2 is 1.58 bits per heavy atom. The predicted octanol–water partition coefficient (Wildman–Crippen LogP) is 6.79. The summed E-state index contributed by atoms with van der Waals surface area (Å²) < 4.78 is 53.8. The highest BCUT2D eigenvalue weighted by molar-refractivity contribution is 6.31. The molecule has 2 N–H and O–H groups in total. The number of fused-ring (bicyclic) bond motifs is 1. The molecule has 3 aromatic carbocycles. The van der Waals surface area contributed by atoms with Crippen molar-refractivity contribution in [1.82, 2.24) is 4.57 Å². The zero-order valence-corrected chi connectivity index (χ0v) is 17.3. The van der Waals surface area contributed by atoms with Crippen molar-refractivity contribution in [3.05, 3.63) is 94.9 Å². The fourth-order valence-corrected chi connectivity index (χ4v) is 3.50. The second kappa shape index (κ2) is 8.59. The molecule has 0 bridgehead atoms. The summed E-state index contributed by atoms with van der Waals surface area (Å²) in [5.74, 6) is -0.955. The number of nitrogens with zero attached hydrogens (tertiary/aromatic N) is 1. The summed E-state index contributed by atoms with van der Waals surface area (Å²) in [6.45, 7) is 0. The molecule has 10 heteroatoms. The van der Waals surface area contributed by atoms with Crippen molar-refractivity contribution in [2.24, 2.45) is 0 Å². The lowest BCUT2D eigenvalue weighted by Gasteiger charge is -2.12. The van der Waals surface area contributed by atoms with E-state index in [0.717, 1.165) is 18.2 Å². The highest BCUT2D eigenvalue weighted by atomic mass is 35.5. The third kappa shape index (κ3) is 4.83. The van der Waals surface area contributed by atoms with Crippen molar-refractivity contribution in [3.8, 4) is 0 Å². The van der Waals surface area contributed by atoms with E-state index in [-0.39, 0.29) is 11.3 Å². The van der Waals surface area contributed by atoms with Crippen molar-refractivity contribution < 1.29 is 27.2 Å². The summed E-state index contributed by atoms with van der Waals surface area (Å²) in [6.07, 6.45) is -3.14. The van der Waals surface area contributed by atoms with E-state index in [9.17, 15) is 27.2 Å². The Labute approximate surface area is 189 Å². The number of hydrogen-bond donors (Lipinski definition) is 2. The monoisotopic (exact) mass is 475 g/mol. The van der Waals surface area contributed by atoms with Crippen LogP contribution in [-0.2, 0) is 6.18 Å². The van der Waals surface area contributed by atoms with E-state index in [1.54, 1.807) is 18.2 Å². The highest BCUT2D eigenvalue weighted by Gasteiger charge is 2.33. The van der Waals surface area contributed by atoms with Gasteiger partial charge in [-0.05, 0) is 60.7 Å². The van der Waals surface area contributed by atoms with Gasteiger partial charge in [0, 0.05) is 28.5 Å². The SMILES string of the molecule is O=C(Nc1ccc(Cl)c(C(F)(F)F)c1)Nc1ccc2c(ccn2C(=O)c2cccc(F)c2)c1. The summed E-state index contributed by atoms with van der Waals surface area (Å²) in [7, 11) is 0. The number of carbonyl (C=O) groups excluding carboxylic acids is 2. The van der Waals surface area contributed by atoms with Gasteiger partial charge in [-0.15, -0.1) is 0 Å². The van der Waals surface area contributed by atoms with Crippen molar-refractivity contribution in [2.75, 3.05) is 10.6 Å². The number of amides is 2. The average molecular weight is 476 g/mol. The average Bonchev–Trinajstić information content (AvgIpc) is 3.17. The molecular formula is C23H14ClF4N3O2. The Bertz CT molecular complexity index is 1380. The largest absolute Gasteiger partial charge is 0.417 e. The van der Waals surface area contributed by atoms with Crippen LogP contribution in [-0.4, -0.2) is 16.5 Å². The van der Waals surface area contributed by atoms with E-state index in [0.29, 0.717) is 16.6 Å². The molecule has 0 radical (unpaired) electrons. The molecule has 0 saturated heterocycles. The quantitative estimate of drug-likeness (QED) is 0.321. The van der Waals surface area contributed by atoms with E-state index in [1.807, 2.05) is 0 Å². The van der Waals surface area contributed by atoms with Crippen LogP contribution in [0.25, 0.3) is 10.9 Å². The van der Waals surface area contributed by atoms with Crippen LogP contribution in [0.4, 0.5) is 33.7 Å². The summed E-state index contributed by atoms with van der Waals surface area (Å²) in [6, 6.07) is 13.9. The standard InChI is InChI=1S/C23H14ClF4N3O2/c24-19-6-4-17(12-18(19)23(26,27)28)30-22(33)29-16-5-7-20-13(11-16)8-9-31(20)21(32)14-2-1-3-15(25)10-14/h1-12H,(H2,29,30,33). The number of urea groups is 1. The Morgan fingerprint density at radius 1 is 0.879 bits per heavy atom. The fourth-order valence-electron chi connectivity index (χ4n) is 3.27. The first kappa shape index (κ1) is 22.3. The van der Waals surface area contributed by atoms with Gasteiger partial charge >= 0.3 is 12.2 Å². The first-order chi connectivity index (χ1) is 15.6. The maximum atomic E-state index is 13.4. The van der Waals surface area contributed by atoms with Gasteiger partial charge in [0.2, 0.25) is 0 Å². The Hall–Kier alpha value is -3.85. The van der Waals surface area contributed by atoms with Crippen LogP contribution in [0.1, 0.15) is 15.9 Å². The third-order valence-electron chi connectivity index (χ3n) is 4.77. The fraction of sp³-hybridized carbons (Fsp3) is 0.0435. The number of rotatable bonds is 3. The molecule has 0 saturated carbocycles. The van der Waals surface area contributed by atoms with Gasteiger partial charge in [-0.2, -0.15) is 13.2 Å². The van der Waals surface area contributed by atoms with Gasteiger partial charge in [0.15, 0.2) is 0 Å². The molecule has 4 rings (SSSR count). The van der Waals surface area contributed by atoms with Gasteiger partial charge in [0.05, 0.1) is 16.1 Å². The van der Waals surface area contributed by atoms with E-state index >= 15 is 0 Å². The lowest BCUT2D eigenvalue weighted by molar-refractivity contribution is -0.137. The Kier molecular flexibility index (Phi) is 5.82. The molecule has 0 aliphatic rings. The van der Waals surface area contributed by atoms with Gasteiger partial charge in [-0.25, -0.2) is 9.18 Å². The molecule has 0 spiro atoms. The summed E-state index contributed by atoms with van der Waals surface area (Å²) in [5.41, 5.74) is -0.0937. The number of benzene rings is 3. The summed E-state index contributed by atoms with van der Waals surface area (Å²) in [5, 5.41) is 4.99. The van der Waals surface area contributed by atoms with Crippen LogP contribution in [0, 0.1) is 5.82 Å². The minimum absolute atomic E-state index is 0.0860. The van der Waals surface area contributed by atoms with Gasteiger partial charge in [0.1, 0.15) is 5.82 Å². The van der Waals surface area contributed by atoms with Crippen molar-refractivity contribution >= 4 is 45.8 Å². The first-order valence-electron chi connectivity index (χ1n) is 9.48.